The Kier molecular flexibility index (Phi) is 6.02. The molecule has 0 unspecified atom stereocenters. The summed E-state index contributed by atoms with van der Waals surface area (Å²) in [6, 6.07) is 9.83. The summed E-state index contributed by atoms with van der Waals surface area (Å²) in [7, 11) is 0. The molecule has 0 atom stereocenters. The summed E-state index contributed by atoms with van der Waals surface area (Å²) >= 11 is 0. The molecule has 1 heteroatoms. The molecule has 0 aliphatic heterocycles. The zero-order valence-electron chi connectivity index (χ0n) is 10.5. The number of rotatable bonds is 7. The fourth-order valence-corrected chi connectivity index (χ4v) is 1.57. The maximum atomic E-state index is 11.7. The van der Waals surface area contributed by atoms with Gasteiger partial charge in [0.15, 0.2) is 5.78 Å². The fraction of sp³-hybridized carbons (Fsp3) is 0.312. The molecule has 0 amide bonds. The second-order valence-corrected chi connectivity index (χ2v) is 4.17. The van der Waals surface area contributed by atoms with Crippen molar-refractivity contribution in [2.75, 3.05) is 0 Å². The highest BCUT2D eigenvalue weighted by Crippen LogP contribution is 2.09. The third kappa shape index (κ3) is 5.30. The highest BCUT2D eigenvalue weighted by Gasteiger charge is 2.02. The van der Waals surface area contributed by atoms with Crippen LogP contribution in [-0.2, 0) is 4.79 Å². The van der Waals surface area contributed by atoms with Crippen LogP contribution in [0.5, 0.6) is 0 Å². The highest BCUT2D eigenvalue weighted by molar-refractivity contribution is 6.05. The molecule has 0 aromatic heterocycles. The average molecular weight is 228 g/mol. The van der Waals surface area contributed by atoms with Crippen LogP contribution in [-0.4, -0.2) is 5.78 Å². The van der Waals surface area contributed by atoms with Crippen molar-refractivity contribution in [3.8, 4) is 0 Å². The van der Waals surface area contributed by atoms with E-state index in [9.17, 15) is 4.79 Å². The summed E-state index contributed by atoms with van der Waals surface area (Å²) < 4.78 is 0. The second kappa shape index (κ2) is 7.61. The molecule has 17 heavy (non-hydrogen) atoms. The Bertz CT molecular complexity index is 387. The van der Waals surface area contributed by atoms with Crippen LogP contribution >= 0.6 is 0 Å². The minimum absolute atomic E-state index is 0.0463. The Morgan fingerprint density at radius 1 is 1.24 bits per heavy atom. The Morgan fingerprint density at radius 3 is 2.59 bits per heavy atom. The lowest BCUT2D eigenvalue weighted by Crippen LogP contribution is -1.96. The largest absolute Gasteiger partial charge is 0.290 e. The van der Waals surface area contributed by atoms with Crippen LogP contribution in [0.15, 0.2) is 48.6 Å². The monoisotopic (exact) mass is 228 g/mol. The topological polar surface area (TPSA) is 17.1 Å². The van der Waals surface area contributed by atoms with E-state index in [1.54, 1.807) is 6.08 Å². The molecule has 1 rings (SSSR count). The van der Waals surface area contributed by atoms with Crippen molar-refractivity contribution in [3.05, 3.63) is 54.1 Å². The fourth-order valence-electron chi connectivity index (χ4n) is 1.57. The van der Waals surface area contributed by atoms with E-state index in [2.05, 4.69) is 13.5 Å². The van der Waals surface area contributed by atoms with Gasteiger partial charge in [-0.1, -0.05) is 62.8 Å². The molecule has 0 N–H and O–H groups in total. The smallest absolute Gasteiger partial charge is 0.181 e. The van der Waals surface area contributed by atoms with E-state index in [0.717, 1.165) is 24.8 Å². The van der Waals surface area contributed by atoms with Gasteiger partial charge < -0.3 is 0 Å². The molecule has 1 aromatic rings. The van der Waals surface area contributed by atoms with Crippen LogP contribution in [0.25, 0.3) is 6.08 Å². The van der Waals surface area contributed by atoms with Gasteiger partial charge >= 0.3 is 0 Å². The van der Waals surface area contributed by atoms with Crippen LogP contribution in [0.3, 0.4) is 0 Å². The van der Waals surface area contributed by atoms with Gasteiger partial charge in [-0.3, -0.25) is 4.79 Å². The Hall–Kier alpha value is -1.63. The standard InChI is InChI=1S/C16H20O/c1-3-4-6-9-14(2)16(17)13-12-15-10-7-5-8-11-15/h5,7-8,10-13H,2-4,6,9H2,1H3/b13-12+. The van der Waals surface area contributed by atoms with E-state index in [4.69, 9.17) is 0 Å². The first-order valence-electron chi connectivity index (χ1n) is 6.19. The van der Waals surface area contributed by atoms with Crippen molar-refractivity contribution in [2.24, 2.45) is 0 Å². The van der Waals surface area contributed by atoms with Gasteiger partial charge in [-0.25, -0.2) is 0 Å². The molecule has 0 saturated carbocycles. The third-order valence-electron chi connectivity index (χ3n) is 2.66. The Labute approximate surface area is 104 Å². The average Bonchev–Trinajstić information content (AvgIpc) is 2.37. The molecule has 1 nitrogen and oxygen atoms in total. The van der Waals surface area contributed by atoms with Gasteiger partial charge in [0, 0.05) is 0 Å². The summed E-state index contributed by atoms with van der Waals surface area (Å²) in [6.07, 6.45) is 7.65. The lowest BCUT2D eigenvalue weighted by atomic mass is 10.0. The predicted molar refractivity (Wildman–Crippen MR) is 73.8 cm³/mol. The van der Waals surface area contributed by atoms with Crippen molar-refractivity contribution < 1.29 is 4.79 Å². The predicted octanol–water partition coefficient (Wildman–Crippen LogP) is 4.41. The number of ketones is 1. The van der Waals surface area contributed by atoms with Crippen molar-refractivity contribution in [1.29, 1.82) is 0 Å². The Morgan fingerprint density at radius 2 is 1.94 bits per heavy atom. The lowest BCUT2D eigenvalue weighted by molar-refractivity contribution is -0.111. The molecule has 0 fully saturated rings. The second-order valence-electron chi connectivity index (χ2n) is 4.17. The molecule has 0 heterocycles. The van der Waals surface area contributed by atoms with Crippen molar-refractivity contribution in [3.63, 3.8) is 0 Å². The summed E-state index contributed by atoms with van der Waals surface area (Å²) in [5, 5.41) is 0. The summed E-state index contributed by atoms with van der Waals surface area (Å²) in [5.41, 5.74) is 1.76. The Balaban J connectivity index is 2.43. The number of benzene rings is 1. The number of allylic oxidation sites excluding steroid dienone is 2. The number of hydrogen-bond acceptors (Lipinski definition) is 1. The first kappa shape index (κ1) is 13.4. The van der Waals surface area contributed by atoms with Gasteiger partial charge in [-0.2, -0.15) is 0 Å². The van der Waals surface area contributed by atoms with Gasteiger partial charge in [0.05, 0.1) is 0 Å². The zero-order chi connectivity index (χ0) is 12.5. The van der Waals surface area contributed by atoms with Crippen molar-refractivity contribution in [2.45, 2.75) is 32.6 Å². The van der Waals surface area contributed by atoms with E-state index < -0.39 is 0 Å². The lowest BCUT2D eigenvalue weighted by Gasteiger charge is -2.00. The van der Waals surface area contributed by atoms with E-state index in [-0.39, 0.29) is 5.78 Å². The van der Waals surface area contributed by atoms with Gasteiger partial charge in [0.2, 0.25) is 0 Å². The number of unbranched alkanes of at least 4 members (excludes halogenated alkanes) is 2. The maximum absolute atomic E-state index is 11.7. The highest BCUT2D eigenvalue weighted by atomic mass is 16.1. The molecule has 0 spiro atoms. The van der Waals surface area contributed by atoms with Gasteiger partial charge in [0.1, 0.15) is 0 Å². The molecular weight excluding hydrogens is 208 g/mol. The number of hydrogen-bond donors (Lipinski definition) is 0. The van der Waals surface area contributed by atoms with Crippen LogP contribution in [0.1, 0.15) is 38.2 Å². The molecule has 0 aliphatic rings. The van der Waals surface area contributed by atoms with Crippen LogP contribution in [0, 0.1) is 0 Å². The van der Waals surface area contributed by atoms with Crippen LogP contribution in [0.4, 0.5) is 0 Å². The molecule has 1 aromatic carbocycles. The summed E-state index contributed by atoms with van der Waals surface area (Å²) in [5.74, 6) is 0.0463. The normalized spacial score (nSPS) is 10.6. The van der Waals surface area contributed by atoms with E-state index in [1.807, 2.05) is 36.4 Å². The van der Waals surface area contributed by atoms with E-state index in [1.165, 1.54) is 6.42 Å². The third-order valence-corrected chi connectivity index (χ3v) is 2.66. The molecule has 0 radical (unpaired) electrons. The zero-order valence-corrected chi connectivity index (χ0v) is 10.5. The van der Waals surface area contributed by atoms with Gasteiger partial charge in [0.25, 0.3) is 0 Å². The maximum Gasteiger partial charge on any atom is 0.181 e. The van der Waals surface area contributed by atoms with Crippen molar-refractivity contribution >= 4 is 11.9 Å². The summed E-state index contributed by atoms with van der Waals surface area (Å²) in [4.78, 5) is 11.7. The SMILES string of the molecule is C=C(CCCCC)C(=O)/C=C/c1ccccc1. The number of carbonyl (C=O) groups excluding carboxylic acids is 1. The number of carbonyl (C=O) groups is 1. The first-order chi connectivity index (χ1) is 8.24. The van der Waals surface area contributed by atoms with E-state index >= 15 is 0 Å². The van der Waals surface area contributed by atoms with Gasteiger partial charge in [-0.15, -0.1) is 0 Å². The van der Waals surface area contributed by atoms with E-state index in [0.29, 0.717) is 5.57 Å². The van der Waals surface area contributed by atoms with Crippen molar-refractivity contribution in [1.82, 2.24) is 0 Å². The molecule has 0 bridgehead atoms. The molecule has 0 aliphatic carbocycles. The minimum Gasteiger partial charge on any atom is -0.290 e. The molecular formula is C16H20O. The minimum atomic E-state index is 0.0463. The van der Waals surface area contributed by atoms with Crippen LogP contribution in [0.2, 0.25) is 0 Å². The van der Waals surface area contributed by atoms with Crippen LogP contribution < -0.4 is 0 Å². The molecule has 90 valence electrons. The molecule has 0 saturated heterocycles. The van der Waals surface area contributed by atoms with Gasteiger partial charge in [-0.05, 0) is 30.1 Å². The summed E-state index contributed by atoms with van der Waals surface area (Å²) in [6.45, 7) is 5.99. The quantitative estimate of drug-likeness (QED) is 0.499. The first-order valence-corrected chi connectivity index (χ1v) is 6.19.